The van der Waals surface area contributed by atoms with E-state index in [2.05, 4.69) is 27.9 Å². The van der Waals surface area contributed by atoms with Crippen molar-refractivity contribution in [2.75, 3.05) is 11.9 Å². The number of amides is 2. The van der Waals surface area contributed by atoms with Gasteiger partial charge in [-0.3, -0.25) is 0 Å². The Hall–Kier alpha value is -1.31. The molecule has 6 heteroatoms. The van der Waals surface area contributed by atoms with E-state index in [1.807, 2.05) is 31.2 Å². The van der Waals surface area contributed by atoms with Crippen LogP contribution < -0.4 is 5.32 Å². The number of benzene rings is 1. The summed E-state index contributed by atoms with van der Waals surface area (Å²) in [6, 6.07) is 6.32. The van der Waals surface area contributed by atoms with Crippen LogP contribution in [-0.2, 0) is 4.79 Å². The molecule has 5 nitrogen and oxygen atoms in total. The highest BCUT2D eigenvalue weighted by molar-refractivity contribution is 14.1. The molecular formula is C14H17IN2O3. The zero-order chi connectivity index (χ0) is 14.7. The minimum absolute atomic E-state index is 0.332. The molecule has 1 heterocycles. The molecular weight excluding hydrogens is 371 g/mol. The minimum Gasteiger partial charge on any atom is -0.480 e. The maximum Gasteiger partial charge on any atom is 0.326 e. The number of halogens is 1. The van der Waals surface area contributed by atoms with Gasteiger partial charge in [0.15, 0.2) is 0 Å². The number of piperidine rings is 1. The number of nitrogens with one attached hydrogen (secondary N) is 1. The summed E-state index contributed by atoms with van der Waals surface area (Å²) in [5, 5.41) is 12.0. The number of carbonyl (C=O) groups is 2. The molecule has 1 saturated heterocycles. The molecule has 0 aromatic heterocycles. The first-order valence-electron chi connectivity index (χ1n) is 6.53. The van der Waals surface area contributed by atoms with E-state index in [0.29, 0.717) is 24.6 Å². The van der Waals surface area contributed by atoms with E-state index < -0.39 is 12.0 Å². The molecule has 1 aromatic rings. The van der Waals surface area contributed by atoms with Crippen LogP contribution in [0.5, 0.6) is 0 Å². The largest absolute Gasteiger partial charge is 0.480 e. The number of carbonyl (C=O) groups excluding carboxylic acids is 1. The van der Waals surface area contributed by atoms with Gasteiger partial charge in [-0.2, -0.15) is 0 Å². The van der Waals surface area contributed by atoms with Crippen LogP contribution in [0, 0.1) is 9.49 Å². The molecule has 2 atom stereocenters. The van der Waals surface area contributed by atoms with E-state index in [-0.39, 0.29) is 6.03 Å². The standard InChI is InChI=1S/C14H17IN2O3/c1-9-6-7-17(12(8-9)13(18)19)14(20)16-11-4-2-10(15)3-5-11/h2-5,9,12H,6-8H2,1H3,(H,16,20)(H,18,19). The van der Waals surface area contributed by atoms with E-state index in [9.17, 15) is 14.7 Å². The van der Waals surface area contributed by atoms with Gasteiger partial charge in [0.2, 0.25) is 0 Å². The number of urea groups is 1. The van der Waals surface area contributed by atoms with E-state index in [1.165, 1.54) is 4.90 Å². The van der Waals surface area contributed by atoms with Crippen LogP contribution in [0.3, 0.4) is 0 Å². The van der Waals surface area contributed by atoms with Gasteiger partial charge in [0.1, 0.15) is 6.04 Å². The number of rotatable bonds is 2. The second kappa shape index (κ2) is 6.43. The van der Waals surface area contributed by atoms with Gasteiger partial charge in [-0.05, 0) is 65.6 Å². The number of likely N-dealkylation sites (tertiary alicyclic amines) is 1. The third-order valence-corrected chi connectivity index (χ3v) is 4.23. The van der Waals surface area contributed by atoms with Crippen molar-refractivity contribution in [1.82, 2.24) is 4.90 Å². The Morgan fingerprint density at radius 2 is 2.00 bits per heavy atom. The zero-order valence-corrected chi connectivity index (χ0v) is 13.3. The molecule has 20 heavy (non-hydrogen) atoms. The monoisotopic (exact) mass is 388 g/mol. The Bertz CT molecular complexity index is 504. The maximum absolute atomic E-state index is 12.2. The fourth-order valence-electron chi connectivity index (χ4n) is 2.35. The lowest BCUT2D eigenvalue weighted by atomic mass is 9.93. The summed E-state index contributed by atoms with van der Waals surface area (Å²) in [6.45, 7) is 2.50. The number of carboxylic acid groups (broad SMARTS) is 1. The first-order valence-corrected chi connectivity index (χ1v) is 7.61. The van der Waals surface area contributed by atoms with Crippen LogP contribution in [0.4, 0.5) is 10.5 Å². The van der Waals surface area contributed by atoms with Crippen molar-refractivity contribution in [2.24, 2.45) is 5.92 Å². The lowest BCUT2D eigenvalue weighted by molar-refractivity contribution is -0.143. The van der Waals surface area contributed by atoms with Crippen LogP contribution in [0.15, 0.2) is 24.3 Å². The van der Waals surface area contributed by atoms with Gasteiger partial charge in [0, 0.05) is 15.8 Å². The molecule has 2 amide bonds. The quantitative estimate of drug-likeness (QED) is 0.766. The summed E-state index contributed by atoms with van der Waals surface area (Å²) >= 11 is 2.19. The van der Waals surface area contributed by atoms with E-state index in [4.69, 9.17) is 0 Å². The van der Waals surface area contributed by atoms with Gasteiger partial charge in [-0.1, -0.05) is 6.92 Å². The fourth-order valence-corrected chi connectivity index (χ4v) is 2.71. The molecule has 2 unspecified atom stereocenters. The Balaban J connectivity index is 2.06. The third-order valence-electron chi connectivity index (χ3n) is 3.51. The van der Waals surface area contributed by atoms with Gasteiger partial charge < -0.3 is 15.3 Å². The molecule has 2 N–H and O–H groups in total. The summed E-state index contributed by atoms with van der Waals surface area (Å²) in [5.74, 6) is -0.604. The van der Waals surface area contributed by atoms with Crippen LogP contribution in [-0.4, -0.2) is 34.6 Å². The average Bonchev–Trinajstić information content (AvgIpc) is 2.41. The second-order valence-electron chi connectivity index (χ2n) is 5.11. The second-order valence-corrected chi connectivity index (χ2v) is 6.36. The van der Waals surface area contributed by atoms with E-state index in [1.54, 1.807) is 0 Å². The van der Waals surface area contributed by atoms with Crippen molar-refractivity contribution < 1.29 is 14.7 Å². The number of nitrogens with zero attached hydrogens (tertiary/aromatic N) is 1. The Kier molecular flexibility index (Phi) is 4.85. The van der Waals surface area contributed by atoms with Crippen LogP contribution >= 0.6 is 22.6 Å². The molecule has 2 rings (SSSR count). The molecule has 0 saturated carbocycles. The average molecular weight is 388 g/mol. The highest BCUT2D eigenvalue weighted by atomic mass is 127. The summed E-state index contributed by atoms with van der Waals surface area (Å²) in [4.78, 5) is 24.9. The Morgan fingerprint density at radius 3 is 2.60 bits per heavy atom. The molecule has 1 fully saturated rings. The van der Waals surface area contributed by atoms with Crippen LogP contribution in [0.1, 0.15) is 19.8 Å². The Labute approximate surface area is 131 Å². The van der Waals surface area contributed by atoms with Gasteiger partial charge in [-0.15, -0.1) is 0 Å². The van der Waals surface area contributed by atoms with Gasteiger partial charge in [-0.25, -0.2) is 9.59 Å². The molecule has 1 aromatic carbocycles. The predicted octanol–water partition coefficient (Wildman–Crippen LogP) is 3.01. The molecule has 0 radical (unpaired) electrons. The fraction of sp³-hybridized carbons (Fsp3) is 0.429. The summed E-state index contributed by atoms with van der Waals surface area (Å²) in [7, 11) is 0. The first kappa shape index (κ1) is 15.1. The number of aliphatic carboxylic acids is 1. The van der Waals surface area contributed by atoms with Gasteiger partial charge >= 0.3 is 12.0 Å². The van der Waals surface area contributed by atoms with Crippen LogP contribution in [0.2, 0.25) is 0 Å². The number of hydrogen-bond donors (Lipinski definition) is 2. The lowest BCUT2D eigenvalue weighted by Gasteiger charge is -2.35. The summed E-state index contributed by atoms with van der Waals surface area (Å²) < 4.78 is 1.08. The first-order chi connectivity index (χ1) is 9.47. The molecule has 0 aliphatic carbocycles. The van der Waals surface area contributed by atoms with Crippen molar-refractivity contribution >= 4 is 40.3 Å². The van der Waals surface area contributed by atoms with Crippen molar-refractivity contribution in [3.63, 3.8) is 0 Å². The van der Waals surface area contributed by atoms with Crippen molar-refractivity contribution in [1.29, 1.82) is 0 Å². The minimum atomic E-state index is -0.936. The number of anilines is 1. The summed E-state index contributed by atoms with van der Waals surface area (Å²) in [5.41, 5.74) is 0.679. The molecule has 1 aliphatic rings. The summed E-state index contributed by atoms with van der Waals surface area (Å²) in [6.07, 6.45) is 1.35. The highest BCUT2D eigenvalue weighted by Crippen LogP contribution is 2.23. The third kappa shape index (κ3) is 3.62. The van der Waals surface area contributed by atoms with Gasteiger partial charge in [0.25, 0.3) is 0 Å². The normalized spacial score (nSPS) is 22.4. The SMILES string of the molecule is CC1CCN(C(=O)Nc2ccc(I)cc2)C(C(=O)O)C1. The van der Waals surface area contributed by atoms with Gasteiger partial charge in [0.05, 0.1) is 0 Å². The molecule has 0 bridgehead atoms. The number of hydrogen-bond acceptors (Lipinski definition) is 2. The maximum atomic E-state index is 12.2. The Morgan fingerprint density at radius 1 is 1.35 bits per heavy atom. The van der Waals surface area contributed by atoms with Crippen molar-refractivity contribution in [3.05, 3.63) is 27.8 Å². The van der Waals surface area contributed by atoms with E-state index in [0.717, 1.165) is 9.99 Å². The smallest absolute Gasteiger partial charge is 0.326 e. The zero-order valence-electron chi connectivity index (χ0n) is 11.2. The van der Waals surface area contributed by atoms with Crippen LogP contribution in [0.25, 0.3) is 0 Å². The van der Waals surface area contributed by atoms with E-state index >= 15 is 0 Å². The predicted molar refractivity (Wildman–Crippen MR) is 84.7 cm³/mol. The molecule has 108 valence electrons. The topological polar surface area (TPSA) is 69.6 Å². The molecule has 1 aliphatic heterocycles. The van der Waals surface area contributed by atoms with Crippen molar-refractivity contribution in [3.8, 4) is 0 Å². The number of carboxylic acids is 1. The highest BCUT2D eigenvalue weighted by Gasteiger charge is 2.34. The van der Waals surface area contributed by atoms with Crippen molar-refractivity contribution in [2.45, 2.75) is 25.8 Å². The lowest BCUT2D eigenvalue weighted by Crippen LogP contribution is -2.51. The molecule has 0 spiro atoms.